The second-order valence-electron chi connectivity index (χ2n) is 6.93. The molecule has 0 N–H and O–H groups in total. The van der Waals surface area contributed by atoms with Crippen molar-refractivity contribution in [3.05, 3.63) is 50.3 Å². The molecule has 1 aromatic carbocycles. The van der Waals surface area contributed by atoms with E-state index in [4.69, 9.17) is 9.47 Å². The fraction of sp³-hybridized carbons (Fsp3) is 0.227. The highest BCUT2D eigenvalue weighted by Crippen LogP contribution is 2.44. The first-order valence-electron chi connectivity index (χ1n) is 8.94. The van der Waals surface area contributed by atoms with Crippen LogP contribution in [0, 0.1) is 32.1 Å². The highest BCUT2D eigenvalue weighted by molar-refractivity contribution is 7.13. The summed E-state index contributed by atoms with van der Waals surface area (Å²) < 4.78 is 12.4. The molecule has 3 aromatic rings. The summed E-state index contributed by atoms with van der Waals surface area (Å²) in [7, 11) is 3.49. The summed E-state index contributed by atoms with van der Waals surface area (Å²) in [5, 5.41) is 10.2. The smallest absolute Gasteiger partial charge is 0.347 e. The molecule has 29 heavy (non-hydrogen) atoms. The molecule has 0 saturated carbocycles. The Morgan fingerprint density at radius 3 is 2.34 bits per heavy atom. The number of benzene rings is 1. The minimum Gasteiger partial charge on any atom is -0.497 e. The van der Waals surface area contributed by atoms with Gasteiger partial charge >= 0.3 is 11.9 Å². The number of carbonyl (C=O) groups is 2. The minimum atomic E-state index is -0.683. The number of aryl methyl sites for hydroxylation is 2. The van der Waals surface area contributed by atoms with Gasteiger partial charge in [-0.2, -0.15) is 5.26 Å². The summed E-state index contributed by atoms with van der Waals surface area (Å²) in [6.07, 6.45) is 0. The summed E-state index contributed by atoms with van der Waals surface area (Å²) in [6.45, 7) is 5.53. The first-order chi connectivity index (χ1) is 13.8. The largest absolute Gasteiger partial charge is 0.497 e. The zero-order valence-corrected chi connectivity index (χ0v) is 17.5. The predicted octanol–water partition coefficient (Wildman–Crippen LogP) is 4.04. The van der Waals surface area contributed by atoms with Crippen LogP contribution in [0.4, 0.5) is 0 Å². The molecule has 2 aromatic heterocycles. The van der Waals surface area contributed by atoms with Crippen LogP contribution in [0.1, 0.15) is 32.1 Å². The number of hydrogen-bond acceptors (Lipinski definition) is 6. The molecule has 7 heteroatoms. The summed E-state index contributed by atoms with van der Waals surface area (Å²) in [6, 6.07) is 7.78. The Bertz CT molecular complexity index is 1300. The Hall–Kier alpha value is -3.37. The van der Waals surface area contributed by atoms with Crippen molar-refractivity contribution < 1.29 is 19.1 Å². The van der Waals surface area contributed by atoms with Gasteiger partial charge in [-0.05, 0) is 44.5 Å². The van der Waals surface area contributed by atoms with E-state index >= 15 is 0 Å². The van der Waals surface area contributed by atoms with Crippen LogP contribution in [0.5, 0.6) is 5.75 Å². The Labute approximate surface area is 171 Å². The number of hydrogen-bond donors (Lipinski definition) is 0. The first kappa shape index (κ1) is 19.0. The maximum atomic E-state index is 12.8. The van der Waals surface area contributed by atoms with Crippen molar-refractivity contribution in [1.29, 1.82) is 5.26 Å². The number of nitrogens with zero attached hydrogens (tertiary/aromatic N) is 2. The van der Waals surface area contributed by atoms with Gasteiger partial charge in [0.25, 0.3) is 0 Å². The molecule has 0 unspecified atom stereocenters. The van der Waals surface area contributed by atoms with Gasteiger partial charge in [-0.15, -0.1) is 11.3 Å². The Kier molecular flexibility index (Phi) is 4.32. The molecule has 1 aliphatic rings. The van der Waals surface area contributed by atoms with Crippen LogP contribution >= 0.6 is 11.3 Å². The van der Waals surface area contributed by atoms with Crippen molar-refractivity contribution in [3.8, 4) is 11.8 Å². The zero-order chi connectivity index (χ0) is 21.0. The molecule has 0 spiro atoms. The lowest BCUT2D eigenvalue weighted by Crippen LogP contribution is -2.02. The van der Waals surface area contributed by atoms with E-state index in [0.29, 0.717) is 27.3 Å². The van der Waals surface area contributed by atoms with E-state index in [1.54, 1.807) is 14.0 Å². The van der Waals surface area contributed by atoms with Crippen molar-refractivity contribution in [1.82, 2.24) is 4.57 Å². The second kappa shape index (κ2) is 6.61. The average molecular weight is 406 g/mol. The molecule has 4 rings (SSSR count). The van der Waals surface area contributed by atoms with Crippen LogP contribution in [0.25, 0.3) is 22.0 Å². The van der Waals surface area contributed by atoms with E-state index in [1.165, 1.54) is 11.3 Å². The molecular weight excluding hydrogens is 388 g/mol. The predicted molar refractivity (Wildman–Crippen MR) is 111 cm³/mol. The molecule has 6 nitrogen and oxygen atoms in total. The number of rotatable bonds is 3. The van der Waals surface area contributed by atoms with Crippen LogP contribution in [0.15, 0.2) is 18.2 Å². The lowest BCUT2D eigenvalue weighted by Gasteiger charge is -2.06. The number of cyclic esters (lactones) is 2. The van der Waals surface area contributed by atoms with Crippen molar-refractivity contribution in [2.24, 2.45) is 7.05 Å². The number of nitriles is 1. The van der Waals surface area contributed by atoms with Crippen molar-refractivity contribution in [3.63, 3.8) is 0 Å². The number of carbonyl (C=O) groups excluding carboxylic acids is 2. The maximum Gasteiger partial charge on any atom is 0.347 e. The van der Waals surface area contributed by atoms with Gasteiger partial charge < -0.3 is 14.0 Å². The molecule has 0 radical (unpaired) electrons. The molecular formula is C22H18N2O4S. The van der Waals surface area contributed by atoms with Crippen LogP contribution in [-0.2, 0) is 21.4 Å². The molecule has 0 atom stereocenters. The van der Waals surface area contributed by atoms with E-state index in [1.807, 2.05) is 43.7 Å². The minimum absolute atomic E-state index is 0.223. The van der Waals surface area contributed by atoms with Crippen LogP contribution in [-0.4, -0.2) is 23.6 Å². The number of esters is 2. The van der Waals surface area contributed by atoms with Crippen LogP contribution < -0.4 is 4.74 Å². The Morgan fingerprint density at radius 2 is 1.76 bits per heavy atom. The number of fused-ring (bicyclic) bond motifs is 1. The topological polar surface area (TPSA) is 81.3 Å². The number of methoxy groups -OCH3 is 1. The molecule has 0 bridgehead atoms. The molecule has 146 valence electrons. The van der Waals surface area contributed by atoms with Crippen molar-refractivity contribution in [2.45, 2.75) is 20.8 Å². The SMILES string of the molecule is COc1ccc2c(c1)c(C1=C(c3c(C)sc(C#N)c3C)C(=O)OC1=O)c(C)n2C. The monoisotopic (exact) mass is 406 g/mol. The summed E-state index contributed by atoms with van der Waals surface area (Å²) in [4.78, 5) is 26.9. The molecule has 0 saturated heterocycles. The highest BCUT2D eigenvalue weighted by Gasteiger charge is 2.39. The maximum absolute atomic E-state index is 12.8. The van der Waals surface area contributed by atoms with E-state index in [0.717, 1.165) is 21.5 Å². The van der Waals surface area contributed by atoms with Crippen molar-refractivity contribution >= 4 is 45.3 Å². The Morgan fingerprint density at radius 1 is 1.10 bits per heavy atom. The molecule has 3 heterocycles. The summed E-state index contributed by atoms with van der Waals surface area (Å²) in [5.41, 5.74) is 4.14. The van der Waals surface area contributed by atoms with Gasteiger partial charge in [-0.1, -0.05) is 0 Å². The second-order valence-corrected chi connectivity index (χ2v) is 8.15. The first-order valence-corrected chi connectivity index (χ1v) is 9.76. The van der Waals surface area contributed by atoms with Crippen LogP contribution in [0.3, 0.4) is 0 Å². The van der Waals surface area contributed by atoms with E-state index in [2.05, 4.69) is 6.07 Å². The third-order valence-electron chi connectivity index (χ3n) is 5.47. The zero-order valence-electron chi connectivity index (χ0n) is 16.7. The lowest BCUT2D eigenvalue weighted by atomic mass is 9.92. The summed E-state index contributed by atoms with van der Waals surface area (Å²) >= 11 is 1.31. The normalized spacial score (nSPS) is 13.9. The highest BCUT2D eigenvalue weighted by atomic mass is 32.1. The van der Waals surface area contributed by atoms with E-state index < -0.39 is 11.9 Å². The number of ether oxygens (including phenoxy) is 2. The van der Waals surface area contributed by atoms with Crippen molar-refractivity contribution in [2.75, 3.05) is 7.11 Å². The third kappa shape index (κ3) is 2.60. The Balaban J connectivity index is 2.14. The molecule has 1 aliphatic heterocycles. The number of thiophene rings is 1. The fourth-order valence-electron chi connectivity index (χ4n) is 3.97. The lowest BCUT2D eigenvalue weighted by molar-refractivity contribution is -0.149. The number of aromatic nitrogens is 1. The van der Waals surface area contributed by atoms with E-state index in [9.17, 15) is 14.9 Å². The van der Waals surface area contributed by atoms with Gasteiger partial charge in [0, 0.05) is 39.6 Å². The quantitative estimate of drug-likeness (QED) is 0.484. The molecule has 0 fully saturated rings. The van der Waals surface area contributed by atoms with Gasteiger partial charge in [0.15, 0.2) is 0 Å². The average Bonchev–Trinajstić information content (AvgIpc) is 3.23. The van der Waals surface area contributed by atoms with Crippen LogP contribution in [0.2, 0.25) is 0 Å². The van der Waals surface area contributed by atoms with Gasteiger partial charge in [0.1, 0.15) is 16.7 Å². The van der Waals surface area contributed by atoms with Gasteiger partial charge in [0.2, 0.25) is 0 Å². The van der Waals surface area contributed by atoms with Gasteiger partial charge in [0.05, 0.1) is 18.3 Å². The van der Waals surface area contributed by atoms with Gasteiger partial charge in [-0.25, -0.2) is 9.59 Å². The molecule has 0 amide bonds. The third-order valence-corrected chi connectivity index (χ3v) is 6.58. The fourth-order valence-corrected chi connectivity index (χ4v) is 4.93. The standard InChI is InChI=1S/C22H18N2O4S/c1-10-16(9-23)29-12(3)17(10)19-20(22(26)28-21(19)25)18-11(2)24(4)15-7-6-13(27-5)8-14(15)18/h6-8H,1-5H3. The van der Waals surface area contributed by atoms with Gasteiger partial charge in [-0.3, -0.25) is 0 Å². The summed E-state index contributed by atoms with van der Waals surface area (Å²) in [5.74, 6) is -0.705. The van der Waals surface area contributed by atoms with E-state index in [-0.39, 0.29) is 11.1 Å². The molecule has 0 aliphatic carbocycles.